The second-order valence-electron chi connectivity index (χ2n) is 5.80. The number of benzene rings is 2. The minimum atomic E-state index is -0.869. The van der Waals surface area contributed by atoms with Gasteiger partial charge in [-0.25, -0.2) is 4.39 Å². The normalized spacial score (nSPS) is 10.9. The minimum Gasteiger partial charge on any atom is -0.339 e. The van der Waals surface area contributed by atoms with Crippen molar-refractivity contribution in [1.82, 2.24) is 4.98 Å². The number of nitro benzene ring substituents is 1. The summed E-state index contributed by atoms with van der Waals surface area (Å²) in [6.45, 7) is 1.53. The molecule has 3 aromatic rings. The Bertz CT molecular complexity index is 1190. The van der Waals surface area contributed by atoms with E-state index in [0.717, 1.165) is 12.1 Å². The van der Waals surface area contributed by atoms with Crippen molar-refractivity contribution in [2.24, 2.45) is 0 Å². The van der Waals surface area contributed by atoms with Gasteiger partial charge in [-0.3, -0.25) is 19.7 Å². The van der Waals surface area contributed by atoms with Crippen molar-refractivity contribution in [1.29, 1.82) is 0 Å². The summed E-state index contributed by atoms with van der Waals surface area (Å²) < 4.78 is 14.2. The molecular weight excluding hydrogens is 412 g/mol. The lowest BCUT2D eigenvalue weighted by Crippen LogP contribution is -2.20. The second kappa shape index (κ2) is 7.57. The minimum absolute atomic E-state index is 0.0350. The van der Waals surface area contributed by atoms with Crippen LogP contribution in [0.3, 0.4) is 0 Å². The average molecular weight is 424 g/mol. The van der Waals surface area contributed by atoms with Crippen molar-refractivity contribution in [3.8, 4) is 0 Å². The number of aromatic amines is 1. The lowest BCUT2D eigenvalue weighted by Gasteiger charge is -2.14. The highest BCUT2D eigenvalue weighted by molar-refractivity contribution is 6.35. The SMILES string of the molecule is CCC(=O)c1c(Nc2ccc(Cl)cc2F)[nH]c2c(Cl)ccc([N+](=O)[O-])c2c1=O. The third kappa shape index (κ3) is 3.44. The van der Waals surface area contributed by atoms with Gasteiger partial charge < -0.3 is 10.3 Å². The van der Waals surface area contributed by atoms with Crippen LogP contribution in [0.1, 0.15) is 23.7 Å². The molecule has 0 amide bonds. The van der Waals surface area contributed by atoms with Crippen molar-refractivity contribution in [3.05, 3.63) is 72.1 Å². The molecular formula is C18H12Cl2FN3O4. The first-order valence-corrected chi connectivity index (χ1v) is 8.78. The standard InChI is InChI=1S/C18H12Cl2FN3O4/c1-2-13(25)15-17(26)14-12(24(27)28)6-4-9(20)16(14)23-18(15)22-11-5-3-8(19)7-10(11)21/h3-7H,2H2,1H3,(H2,22,23,26). The number of aromatic nitrogens is 1. The predicted molar refractivity (Wildman–Crippen MR) is 106 cm³/mol. The van der Waals surface area contributed by atoms with E-state index in [-0.39, 0.29) is 44.4 Å². The van der Waals surface area contributed by atoms with Gasteiger partial charge in [-0.1, -0.05) is 30.1 Å². The van der Waals surface area contributed by atoms with Crippen molar-refractivity contribution in [2.75, 3.05) is 5.32 Å². The first-order valence-electron chi connectivity index (χ1n) is 8.02. The molecule has 0 saturated heterocycles. The highest BCUT2D eigenvalue weighted by Crippen LogP contribution is 2.31. The van der Waals surface area contributed by atoms with Gasteiger partial charge >= 0.3 is 0 Å². The molecule has 0 radical (unpaired) electrons. The number of halogens is 3. The van der Waals surface area contributed by atoms with Crippen LogP contribution in [0, 0.1) is 15.9 Å². The van der Waals surface area contributed by atoms with Crippen LogP contribution in [0.25, 0.3) is 10.9 Å². The Kier molecular flexibility index (Phi) is 5.35. The highest BCUT2D eigenvalue weighted by atomic mass is 35.5. The predicted octanol–water partition coefficient (Wildman–Crippen LogP) is 5.22. The number of hydrogen-bond donors (Lipinski definition) is 2. The van der Waals surface area contributed by atoms with Crippen LogP contribution in [0.5, 0.6) is 0 Å². The second-order valence-corrected chi connectivity index (χ2v) is 6.65. The molecule has 0 fully saturated rings. The van der Waals surface area contributed by atoms with Crippen LogP contribution in [0.15, 0.2) is 35.1 Å². The molecule has 0 aliphatic heterocycles. The number of fused-ring (bicyclic) bond motifs is 1. The Labute approximate surface area is 167 Å². The fourth-order valence-electron chi connectivity index (χ4n) is 2.76. The first-order chi connectivity index (χ1) is 13.2. The summed E-state index contributed by atoms with van der Waals surface area (Å²) >= 11 is 11.8. The summed E-state index contributed by atoms with van der Waals surface area (Å²) in [5.41, 5.74) is -1.80. The van der Waals surface area contributed by atoms with Crippen molar-refractivity contribution >= 4 is 57.1 Å². The number of hydrogen-bond acceptors (Lipinski definition) is 5. The van der Waals surface area contributed by atoms with E-state index < -0.39 is 27.6 Å². The largest absolute Gasteiger partial charge is 0.339 e. The van der Waals surface area contributed by atoms with Gasteiger partial charge in [-0.15, -0.1) is 0 Å². The molecule has 28 heavy (non-hydrogen) atoms. The van der Waals surface area contributed by atoms with Gasteiger partial charge in [0.1, 0.15) is 22.6 Å². The summed E-state index contributed by atoms with van der Waals surface area (Å²) in [7, 11) is 0. The Morgan fingerprint density at radius 2 is 2.00 bits per heavy atom. The van der Waals surface area contributed by atoms with Crippen LogP contribution in [-0.4, -0.2) is 15.7 Å². The van der Waals surface area contributed by atoms with Gasteiger partial charge in [0, 0.05) is 17.5 Å². The molecule has 0 unspecified atom stereocenters. The molecule has 3 rings (SSSR count). The molecule has 0 bridgehead atoms. The Morgan fingerprint density at radius 1 is 1.29 bits per heavy atom. The Balaban J connectivity index is 2.36. The molecule has 0 aliphatic carbocycles. The number of H-pyrrole nitrogens is 1. The summed E-state index contributed by atoms with van der Waals surface area (Å²) in [6, 6.07) is 6.15. The number of pyridine rings is 1. The number of carbonyl (C=O) groups excluding carboxylic acids is 1. The molecule has 0 atom stereocenters. The Hall–Kier alpha value is -2.97. The highest BCUT2D eigenvalue weighted by Gasteiger charge is 2.25. The number of carbonyl (C=O) groups is 1. The molecule has 1 heterocycles. The van der Waals surface area contributed by atoms with Gasteiger partial charge in [0.15, 0.2) is 5.78 Å². The zero-order valence-electron chi connectivity index (χ0n) is 14.3. The maximum Gasteiger partial charge on any atom is 0.282 e. The van der Waals surface area contributed by atoms with Gasteiger partial charge in [-0.05, 0) is 24.3 Å². The van der Waals surface area contributed by atoms with E-state index in [1.165, 1.54) is 25.1 Å². The van der Waals surface area contributed by atoms with E-state index in [2.05, 4.69) is 10.3 Å². The summed E-state index contributed by atoms with van der Waals surface area (Å²) in [4.78, 5) is 38.7. The van der Waals surface area contributed by atoms with Crippen LogP contribution >= 0.6 is 23.2 Å². The zero-order chi connectivity index (χ0) is 20.6. The van der Waals surface area contributed by atoms with Crippen LogP contribution < -0.4 is 10.7 Å². The number of anilines is 2. The third-order valence-electron chi connectivity index (χ3n) is 4.07. The number of nitrogens with zero attached hydrogens (tertiary/aromatic N) is 1. The van der Waals surface area contributed by atoms with Gasteiger partial charge in [0.25, 0.3) is 5.69 Å². The smallest absolute Gasteiger partial charge is 0.282 e. The molecule has 144 valence electrons. The number of nitro groups is 1. The van der Waals surface area contributed by atoms with Crippen LogP contribution in [0.2, 0.25) is 10.0 Å². The number of Topliss-reactive ketones (excluding diaryl/α,β-unsaturated/α-hetero) is 1. The monoisotopic (exact) mass is 423 g/mol. The lowest BCUT2D eigenvalue weighted by atomic mass is 10.0. The summed E-state index contributed by atoms with van der Waals surface area (Å²) in [5.74, 6) is -1.41. The zero-order valence-corrected chi connectivity index (χ0v) is 15.8. The average Bonchev–Trinajstić information content (AvgIpc) is 2.64. The first kappa shape index (κ1) is 19.8. The molecule has 7 nitrogen and oxygen atoms in total. The lowest BCUT2D eigenvalue weighted by molar-refractivity contribution is -0.383. The molecule has 0 spiro atoms. The van der Waals surface area contributed by atoms with Crippen LogP contribution in [0.4, 0.5) is 21.6 Å². The molecule has 2 N–H and O–H groups in total. The maximum absolute atomic E-state index is 14.2. The number of rotatable bonds is 5. The van der Waals surface area contributed by atoms with E-state index in [1.807, 2.05) is 0 Å². The number of ketones is 1. The van der Waals surface area contributed by atoms with E-state index in [4.69, 9.17) is 23.2 Å². The molecule has 2 aromatic carbocycles. The van der Waals surface area contributed by atoms with Gasteiger partial charge in [0.2, 0.25) is 5.43 Å². The number of nitrogens with one attached hydrogen (secondary N) is 2. The Morgan fingerprint density at radius 3 is 2.61 bits per heavy atom. The maximum atomic E-state index is 14.2. The van der Waals surface area contributed by atoms with Gasteiger partial charge in [-0.2, -0.15) is 0 Å². The summed E-state index contributed by atoms with van der Waals surface area (Å²) in [5, 5.41) is 13.9. The van der Waals surface area contributed by atoms with E-state index >= 15 is 0 Å². The number of non-ortho nitro benzene ring substituents is 1. The molecule has 0 saturated carbocycles. The van der Waals surface area contributed by atoms with Gasteiger partial charge in [0.05, 0.1) is 21.2 Å². The fourth-order valence-corrected chi connectivity index (χ4v) is 3.12. The van der Waals surface area contributed by atoms with E-state index in [1.54, 1.807) is 0 Å². The van der Waals surface area contributed by atoms with Crippen molar-refractivity contribution < 1.29 is 14.1 Å². The molecule has 1 aromatic heterocycles. The van der Waals surface area contributed by atoms with Crippen molar-refractivity contribution in [3.63, 3.8) is 0 Å². The van der Waals surface area contributed by atoms with Crippen molar-refractivity contribution in [2.45, 2.75) is 13.3 Å². The summed E-state index contributed by atoms with van der Waals surface area (Å²) in [6.07, 6.45) is -0.0409. The quantitative estimate of drug-likeness (QED) is 0.332. The molecule has 0 aliphatic rings. The fraction of sp³-hybridized carbons (Fsp3) is 0.111. The van der Waals surface area contributed by atoms with E-state index in [9.17, 15) is 24.1 Å². The van der Waals surface area contributed by atoms with E-state index in [0.29, 0.717) is 0 Å². The van der Waals surface area contributed by atoms with Crippen LogP contribution in [-0.2, 0) is 0 Å². The topological polar surface area (TPSA) is 105 Å². The molecule has 10 heteroatoms. The third-order valence-corrected chi connectivity index (χ3v) is 4.62.